The first kappa shape index (κ1) is 32.4. The number of halogens is 2. The normalized spacial score (nSPS) is 16.1. The molecule has 1 aliphatic heterocycles. The van der Waals surface area contributed by atoms with Crippen LogP contribution in [-0.2, 0) is 9.53 Å². The van der Waals surface area contributed by atoms with E-state index in [-0.39, 0.29) is 23.1 Å². The van der Waals surface area contributed by atoms with Gasteiger partial charge in [-0.25, -0.2) is 19.2 Å². The van der Waals surface area contributed by atoms with Crippen LogP contribution < -0.4 is 15.4 Å². The summed E-state index contributed by atoms with van der Waals surface area (Å²) in [5, 5.41) is 6.77. The number of aromatic nitrogens is 2. The minimum absolute atomic E-state index is 0.00799. The first-order valence-corrected chi connectivity index (χ1v) is 15.6. The zero-order valence-corrected chi connectivity index (χ0v) is 26.9. The number of anilines is 3. The van der Waals surface area contributed by atoms with Crippen LogP contribution in [0, 0.1) is 11.7 Å². The van der Waals surface area contributed by atoms with E-state index in [1.807, 2.05) is 26.8 Å². The molecule has 2 aliphatic rings. The molecule has 0 spiro atoms. The lowest BCUT2D eigenvalue weighted by Crippen LogP contribution is -2.47. The Morgan fingerprint density at radius 3 is 2.58 bits per heavy atom. The van der Waals surface area contributed by atoms with Crippen LogP contribution in [0.3, 0.4) is 0 Å². The van der Waals surface area contributed by atoms with Crippen molar-refractivity contribution in [3.63, 3.8) is 0 Å². The SMILES string of the molecule is CN(C(=O)OC(C)(C)C)C1CCN(CC=CC(=O)Nc2cc3c(Nc4ccc(F)c(Cl)c4)ncnc3cc2OCC2CC2)CC1. The van der Waals surface area contributed by atoms with Gasteiger partial charge < -0.3 is 25.0 Å². The average molecular weight is 639 g/mol. The number of benzene rings is 2. The second-order valence-electron chi connectivity index (χ2n) is 12.6. The van der Waals surface area contributed by atoms with Gasteiger partial charge in [-0.2, -0.15) is 0 Å². The Hall–Kier alpha value is -3.96. The maximum absolute atomic E-state index is 13.7. The highest BCUT2D eigenvalue weighted by Gasteiger charge is 2.28. The molecule has 12 heteroatoms. The van der Waals surface area contributed by atoms with Gasteiger partial charge in [-0.15, -0.1) is 0 Å². The number of likely N-dealkylation sites (tertiary alicyclic amines) is 1. The van der Waals surface area contributed by atoms with Crippen LogP contribution in [0.5, 0.6) is 5.75 Å². The largest absolute Gasteiger partial charge is 0.491 e. The second kappa shape index (κ2) is 14.0. The van der Waals surface area contributed by atoms with Gasteiger partial charge in [0, 0.05) is 55.9 Å². The van der Waals surface area contributed by atoms with Crippen LogP contribution in [0.2, 0.25) is 5.02 Å². The monoisotopic (exact) mass is 638 g/mol. The van der Waals surface area contributed by atoms with Crippen LogP contribution >= 0.6 is 11.6 Å². The number of carbonyl (C=O) groups is 2. The first-order chi connectivity index (χ1) is 21.4. The minimum atomic E-state index is -0.528. The van der Waals surface area contributed by atoms with Crippen molar-refractivity contribution >= 4 is 51.7 Å². The fourth-order valence-electron chi connectivity index (χ4n) is 5.06. The van der Waals surface area contributed by atoms with Crippen molar-refractivity contribution in [2.45, 2.75) is 58.1 Å². The number of fused-ring (bicyclic) bond motifs is 1. The molecule has 1 saturated carbocycles. The average Bonchev–Trinajstić information content (AvgIpc) is 3.82. The number of nitrogens with one attached hydrogen (secondary N) is 2. The molecule has 2 fully saturated rings. The van der Waals surface area contributed by atoms with Gasteiger partial charge in [0.25, 0.3) is 0 Å². The third kappa shape index (κ3) is 9.04. The summed E-state index contributed by atoms with van der Waals surface area (Å²) in [6.45, 7) is 8.38. The van der Waals surface area contributed by atoms with E-state index >= 15 is 0 Å². The van der Waals surface area contributed by atoms with E-state index in [1.165, 1.54) is 24.5 Å². The van der Waals surface area contributed by atoms with Crippen molar-refractivity contribution in [1.82, 2.24) is 19.8 Å². The molecule has 45 heavy (non-hydrogen) atoms. The van der Waals surface area contributed by atoms with Gasteiger partial charge in [0.15, 0.2) is 0 Å². The zero-order valence-electron chi connectivity index (χ0n) is 26.1. The number of rotatable bonds is 10. The topological polar surface area (TPSA) is 109 Å². The smallest absolute Gasteiger partial charge is 0.410 e. The molecule has 0 unspecified atom stereocenters. The van der Waals surface area contributed by atoms with E-state index in [2.05, 4.69) is 25.5 Å². The Balaban J connectivity index is 1.23. The summed E-state index contributed by atoms with van der Waals surface area (Å²) in [6, 6.07) is 8.02. The Morgan fingerprint density at radius 1 is 1.13 bits per heavy atom. The van der Waals surface area contributed by atoms with Gasteiger partial charge >= 0.3 is 6.09 Å². The van der Waals surface area contributed by atoms with E-state index < -0.39 is 11.4 Å². The zero-order chi connectivity index (χ0) is 32.1. The molecule has 2 N–H and O–H groups in total. The third-order valence-electron chi connectivity index (χ3n) is 7.77. The predicted molar refractivity (Wildman–Crippen MR) is 174 cm³/mol. The molecule has 2 aromatic carbocycles. The molecule has 5 rings (SSSR count). The van der Waals surface area contributed by atoms with Gasteiger partial charge in [0.2, 0.25) is 5.91 Å². The number of hydrogen-bond donors (Lipinski definition) is 2. The van der Waals surface area contributed by atoms with Crippen molar-refractivity contribution in [2.75, 3.05) is 43.9 Å². The molecule has 2 amide bonds. The van der Waals surface area contributed by atoms with Crippen LogP contribution in [0.25, 0.3) is 10.9 Å². The number of amides is 2. The molecule has 1 aromatic heterocycles. The molecule has 3 aromatic rings. The summed E-state index contributed by atoms with van der Waals surface area (Å²) in [5.74, 6) is 0.718. The molecule has 0 bridgehead atoms. The quantitative estimate of drug-likeness (QED) is 0.234. The summed E-state index contributed by atoms with van der Waals surface area (Å²) >= 11 is 5.97. The highest BCUT2D eigenvalue weighted by molar-refractivity contribution is 6.31. The fourth-order valence-corrected chi connectivity index (χ4v) is 5.24. The third-order valence-corrected chi connectivity index (χ3v) is 8.06. The standard InChI is InChI=1S/C33H40ClFN6O4/c1-33(2,3)45-32(43)40(4)23-11-14-41(15-12-23)13-5-6-30(42)39-28-17-24-27(18-29(28)44-19-21-7-8-21)36-20-37-31(24)38-22-9-10-26(35)25(34)16-22/h5-6,9-10,16-18,20-21,23H,7-8,11-15,19H2,1-4H3,(H,39,42)(H,36,37,38). The molecule has 1 saturated heterocycles. The molecular formula is C33H40ClFN6O4. The Kier molecular flexibility index (Phi) is 10.1. The van der Waals surface area contributed by atoms with E-state index in [9.17, 15) is 14.0 Å². The first-order valence-electron chi connectivity index (χ1n) is 15.2. The maximum atomic E-state index is 13.7. The van der Waals surface area contributed by atoms with Crippen LogP contribution in [0.1, 0.15) is 46.5 Å². The van der Waals surface area contributed by atoms with Gasteiger partial charge in [-0.05, 0) is 76.6 Å². The summed E-state index contributed by atoms with van der Waals surface area (Å²) in [6.07, 6.45) is 8.41. The Bertz CT molecular complexity index is 1570. The highest BCUT2D eigenvalue weighted by atomic mass is 35.5. The predicted octanol–water partition coefficient (Wildman–Crippen LogP) is 6.78. The van der Waals surface area contributed by atoms with E-state index in [0.717, 1.165) is 38.8 Å². The highest BCUT2D eigenvalue weighted by Crippen LogP contribution is 2.36. The number of ether oxygens (including phenoxy) is 2. The molecule has 1 aliphatic carbocycles. The number of carbonyl (C=O) groups excluding carboxylic acids is 2. The number of nitrogens with zero attached hydrogens (tertiary/aromatic N) is 4. The van der Waals surface area contributed by atoms with Gasteiger partial charge in [0.05, 0.1) is 22.8 Å². The van der Waals surface area contributed by atoms with Crippen molar-refractivity contribution in [1.29, 1.82) is 0 Å². The second-order valence-corrected chi connectivity index (χ2v) is 13.0. The van der Waals surface area contributed by atoms with Crippen LogP contribution in [-0.4, -0.2) is 76.7 Å². The van der Waals surface area contributed by atoms with Gasteiger partial charge in [-0.3, -0.25) is 9.69 Å². The Labute approximate surface area is 267 Å². The number of hydrogen-bond acceptors (Lipinski definition) is 8. The van der Waals surface area contributed by atoms with Crippen LogP contribution in [0.4, 0.5) is 26.4 Å². The fraction of sp³-hybridized carbons (Fsp3) is 0.455. The maximum Gasteiger partial charge on any atom is 0.410 e. The summed E-state index contributed by atoms with van der Waals surface area (Å²) in [4.78, 5) is 38.2. The number of piperidine rings is 1. The molecule has 0 radical (unpaired) electrons. The van der Waals surface area contributed by atoms with Crippen molar-refractivity contribution < 1.29 is 23.5 Å². The van der Waals surface area contributed by atoms with Crippen molar-refractivity contribution in [3.8, 4) is 5.75 Å². The van der Waals surface area contributed by atoms with E-state index in [4.69, 9.17) is 21.1 Å². The molecule has 2 heterocycles. The molecule has 240 valence electrons. The van der Waals surface area contributed by atoms with Crippen molar-refractivity contribution in [3.05, 3.63) is 59.7 Å². The minimum Gasteiger partial charge on any atom is -0.491 e. The lowest BCUT2D eigenvalue weighted by Gasteiger charge is -2.36. The summed E-state index contributed by atoms with van der Waals surface area (Å²) in [5.41, 5.74) is 1.16. The molecule has 10 nitrogen and oxygen atoms in total. The summed E-state index contributed by atoms with van der Waals surface area (Å²) in [7, 11) is 1.79. The molecular weight excluding hydrogens is 599 g/mol. The van der Waals surface area contributed by atoms with Gasteiger partial charge in [0.1, 0.15) is 29.3 Å². The van der Waals surface area contributed by atoms with Crippen molar-refractivity contribution in [2.24, 2.45) is 5.92 Å². The van der Waals surface area contributed by atoms with Gasteiger partial charge in [-0.1, -0.05) is 17.7 Å². The lowest BCUT2D eigenvalue weighted by molar-refractivity contribution is -0.112. The lowest BCUT2D eigenvalue weighted by atomic mass is 10.0. The Morgan fingerprint density at radius 2 is 1.89 bits per heavy atom. The molecule has 0 atom stereocenters. The van der Waals surface area contributed by atoms with E-state index in [1.54, 1.807) is 30.1 Å². The summed E-state index contributed by atoms with van der Waals surface area (Å²) < 4.78 is 25.3. The van der Waals surface area contributed by atoms with E-state index in [0.29, 0.717) is 52.9 Å². The van der Waals surface area contributed by atoms with Crippen LogP contribution in [0.15, 0.2) is 48.8 Å².